The Kier molecular flexibility index (Phi) is 5.27. The maximum absolute atomic E-state index is 11.9. The SMILES string of the molecule is CCC(CBr)NC(=O)c1cc(C)cc([N+](=O)[O-])c1. The van der Waals surface area contributed by atoms with Gasteiger partial charge >= 0.3 is 0 Å². The molecular weight excluding hydrogens is 300 g/mol. The van der Waals surface area contributed by atoms with Crippen LogP contribution < -0.4 is 5.32 Å². The minimum absolute atomic E-state index is 0.0251. The Bertz CT molecular complexity index is 459. The molecule has 0 saturated carbocycles. The average molecular weight is 315 g/mol. The summed E-state index contributed by atoms with van der Waals surface area (Å²) in [7, 11) is 0. The van der Waals surface area contributed by atoms with Crippen LogP contribution in [0.15, 0.2) is 18.2 Å². The fourth-order valence-electron chi connectivity index (χ4n) is 1.52. The fourth-order valence-corrected chi connectivity index (χ4v) is 2.14. The van der Waals surface area contributed by atoms with Gasteiger partial charge in [-0.3, -0.25) is 14.9 Å². The lowest BCUT2D eigenvalue weighted by Gasteiger charge is -2.14. The van der Waals surface area contributed by atoms with Crippen LogP contribution in [0.5, 0.6) is 0 Å². The van der Waals surface area contributed by atoms with Crippen molar-refractivity contribution >= 4 is 27.5 Å². The molecule has 1 unspecified atom stereocenters. The number of halogens is 1. The lowest BCUT2D eigenvalue weighted by atomic mass is 10.1. The van der Waals surface area contributed by atoms with Crippen molar-refractivity contribution in [2.45, 2.75) is 26.3 Å². The number of nitro groups is 1. The molecule has 6 heteroatoms. The zero-order chi connectivity index (χ0) is 13.7. The molecule has 5 nitrogen and oxygen atoms in total. The molecule has 0 spiro atoms. The van der Waals surface area contributed by atoms with Crippen molar-refractivity contribution in [1.82, 2.24) is 5.32 Å². The van der Waals surface area contributed by atoms with Gasteiger partial charge in [-0.2, -0.15) is 0 Å². The maximum Gasteiger partial charge on any atom is 0.270 e. The van der Waals surface area contributed by atoms with Crippen LogP contribution in [0.1, 0.15) is 29.3 Å². The van der Waals surface area contributed by atoms with E-state index < -0.39 is 4.92 Å². The Hall–Kier alpha value is -1.43. The molecule has 1 atom stereocenters. The molecule has 1 aromatic carbocycles. The minimum atomic E-state index is -0.494. The molecule has 0 aromatic heterocycles. The third kappa shape index (κ3) is 3.80. The second kappa shape index (κ2) is 6.49. The molecule has 0 fully saturated rings. The van der Waals surface area contributed by atoms with E-state index in [4.69, 9.17) is 0 Å². The highest BCUT2D eigenvalue weighted by molar-refractivity contribution is 9.09. The summed E-state index contributed by atoms with van der Waals surface area (Å²) in [5.74, 6) is -0.284. The molecule has 1 rings (SSSR count). The number of nitrogens with one attached hydrogen (secondary N) is 1. The molecule has 0 radical (unpaired) electrons. The molecule has 1 aromatic rings. The highest BCUT2D eigenvalue weighted by Crippen LogP contribution is 2.17. The van der Waals surface area contributed by atoms with Gasteiger partial charge < -0.3 is 5.32 Å². The highest BCUT2D eigenvalue weighted by Gasteiger charge is 2.15. The van der Waals surface area contributed by atoms with Crippen molar-refractivity contribution in [1.29, 1.82) is 0 Å². The number of amides is 1. The number of carbonyl (C=O) groups excluding carboxylic acids is 1. The zero-order valence-corrected chi connectivity index (χ0v) is 11.9. The predicted molar refractivity (Wildman–Crippen MR) is 73.2 cm³/mol. The van der Waals surface area contributed by atoms with E-state index in [-0.39, 0.29) is 17.6 Å². The molecular formula is C12H15BrN2O3. The van der Waals surface area contributed by atoms with E-state index in [1.807, 2.05) is 6.92 Å². The zero-order valence-electron chi connectivity index (χ0n) is 10.3. The van der Waals surface area contributed by atoms with Crippen LogP contribution in [-0.4, -0.2) is 22.2 Å². The van der Waals surface area contributed by atoms with Crippen LogP contribution in [0.4, 0.5) is 5.69 Å². The normalized spacial score (nSPS) is 11.9. The maximum atomic E-state index is 11.9. The Balaban J connectivity index is 2.95. The number of aryl methyl sites for hydroxylation is 1. The number of hydrogen-bond donors (Lipinski definition) is 1. The number of rotatable bonds is 5. The number of hydrogen-bond acceptors (Lipinski definition) is 3. The van der Waals surface area contributed by atoms with Gasteiger partial charge in [-0.1, -0.05) is 22.9 Å². The van der Waals surface area contributed by atoms with Crippen molar-refractivity contribution in [3.05, 3.63) is 39.4 Å². The topological polar surface area (TPSA) is 72.2 Å². The summed E-state index contributed by atoms with van der Waals surface area (Å²) in [5, 5.41) is 14.2. The van der Waals surface area contributed by atoms with Gasteiger partial charge in [0.25, 0.3) is 11.6 Å². The first kappa shape index (κ1) is 14.6. The standard InChI is InChI=1S/C12H15BrN2O3/c1-3-10(7-13)14-12(16)9-4-8(2)5-11(6-9)15(17)18/h4-6,10H,3,7H2,1-2H3,(H,14,16). The van der Waals surface area contributed by atoms with Gasteiger partial charge in [0.1, 0.15) is 0 Å². The molecule has 0 aliphatic heterocycles. The van der Waals surface area contributed by atoms with Crippen LogP contribution >= 0.6 is 15.9 Å². The Morgan fingerprint density at radius 3 is 2.67 bits per heavy atom. The van der Waals surface area contributed by atoms with Gasteiger partial charge in [-0.05, 0) is 25.0 Å². The monoisotopic (exact) mass is 314 g/mol. The molecule has 0 heterocycles. The third-order valence-corrected chi connectivity index (χ3v) is 3.33. The molecule has 98 valence electrons. The summed E-state index contributed by atoms with van der Waals surface area (Å²) in [5.41, 5.74) is 0.953. The lowest BCUT2D eigenvalue weighted by Crippen LogP contribution is -2.35. The van der Waals surface area contributed by atoms with Gasteiger partial charge in [0.2, 0.25) is 0 Å². The predicted octanol–water partition coefficient (Wildman–Crippen LogP) is 2.81. The van der Waals surface area contributed by atoms with E-state index in [1.165, 1.54) is 12.1 Å². The van der Waals surface area contributed by atoms with E-state index in [0.717, 1.165) is 6.42 Å². The number of benzene rings is 1. The molecule has 18 heavy (non-hydrogen) atoms. The summed E-state index contributed by atoms with van der Waals surface area (Å²) in [6.07, 6.45) is 0.797. The molecule has 1 N–H and O–H groups in total. The minimum Gasteiger partial charge on any atom is -0.348 e. The average Bonchev–Trinajstić information content (AvgIpc) is 2.34. The molecule has 0 aliphatic rings. The van der Waals surface area contributed by atoms with Crippen LogP contribution in [0.3, 0.4) is 0 Å². The Labute approximate surface area is 114 Å². The number of alkyl halides is 1. The number of nitrogens with zero attached hydrogens (tertiary/aromatic N) is 1. The third-order valence-electron chi connectivity index (χ3n) is 2.55. The van der Waals surface area contributed by atoms with Crippen LogP contribution in [0, 0.1) is 17.0 Å². The first-order valence-electron chi connectivity index (χ1n) is 5.60. The van der Waals surface area contributed by atoms with Crippen molar-refractivity contribution < 1.29 is 9.72 Å². The Morgan fingerprint density at radius 1 is 1.50 bits per heavy atom. The van der Waals surface area contributed by atoms with E-state index >= 15 is 0 Å². The molecule has 0 bridgehead atoms. The highest BCUT2D eigenvalue weighted by atomic mass is 79.9. The van der Waals surface area contributed by atoms with E-state index in [9.17, 15) is 14.9 Å². The van der Waals surface area contributed by atoms with Crippen LogP contribution in [0.25, 0.3) is 0 Å². The van der Waals surface area contributed by atoms with Gasteiger partial charge in [0.05, 0.1) is 4.92 Å². The quantitative estimate of drug-likeness (QED) is 0.516. The van der Waals surface area contributed by atoms with E-state index in [1.54, 1.807) is 13.0 Å². The largest absolute Gasteiger partial charge is 0.348 e. The van der Waals surface area contributed by atoms with Gasteiger partial charge in [-0.15, -0.1) is 0 Å². The summed E-state index contributed by atoms with van der Waals surface area (Å²) in [4.78, 5) is 22.2. The number of carbonyl (C=O) groups is 1. The molecule has 0 saturated heterocycles. The lowest BCUT2D eigenvalue weighted by molar-refractivity contribution is -0.384. The van der Waals surface area contributed by atoms with Crippen molar-refractivity contribution in [3.63, 3.8) is 0 Å². The van der Waals surface area contributed by atoms with Crippen LogP contribution in [-0.2, 0) is 0 Å². The van der Waals surface area contributed by atoms with Crippen molar-refractivity contribution in [2.24, 2.45) is 0 Å². The number of non-ortho nitro benzene ring substituents is 1. The van der Waals surface area contributed by atoms with Crippen LogP contribution in [0.2, 0.25) is 0 Å². The van der Waals surface area contributed by atoms with Gasteiger partial charge in [0.15, 0.2) is 0 Å². The summed E-state index contributed by atoms with van der Waals surface area (Å²) in [6, 6.07) is 4.41. The van der Waals surface area contributed by atoms with Crippen molar-refractivity contribution in [3.8, 4) is 0 Å². The molecule has 0 aliphatic carbocycles. The van der Waals surface area contributed by atoms with Gasteiger partial charge in [0, 0.05) is 29.1 Å². The van der Waals surface area contributed by atoms with E-state index in [0.29, 0.717) is 16.5 Å². The smallest absolute Gasteiger partial charge is 0.270 e. The fraction of sp³-hybridized carbons (Fsp3) is 0.417. The molecule has 1 amide bonds. The van der Waals surface area contributed by atoms with Crippen molar-refractivity contribution in [2.75, 3.05) is 5.33 Å². The summed E-state index contributed by atoms with van der Waals surface area (Å²) in [6.45, 7) is 3.69. The summed E-state index contributed by atoms with van der Waals surface area (Å²) < 4.78 is 0. The Morgan fingerprint density at radius 2 is 2.17 bits per heavy atom. The number of nitro benzene ring substituents is 1. The second-order valence-corrected chi connectivity index (χ2v) is 4.69. The first-order chi connectivity index (χ1) is 8.47. The van der Waals surface area contributed by atoms with E-state index in [2.05, 4.69) is 21.2 Å². The second-order valence-electron chi connectivity index (χ2n) is 4.05. The summed E-state index contributed by atoms with van der Waals surface area (Å²) >= 11 is 3.31. The van der Waals surface area contributed by atoms with Gasteiger partial charge in [-0.25, -0.2) is 0 Å². The first-order valence-corrected chi connectivity index (χ1v) is 6.73.